The Balaban J connectivity index is 1.03. The highest BCUT2D eigenvalue weighted by atomic mass is 16.3. The molecule has 308 valence electrons. The van der Waals surface area contributed by atoms with Crippen molar-refractivity contribution in [1.82, 2.24) is 0 Å². The zero-order valence-corrected chi connectivity index (χ0v) is 37.5. The molecule has 0 bridgehead atoms. The van der Waals surface area contributed by atoms with Gasteiger partial charge in [-0.1, -0.05) is 60.7 Å². The molecule has 11 aromatic rings. The van der Waals surface area contributed by atoms with Gasteiger partial charge in [0.25, 0.3) is 0 Å². The molecule has 2 heterocycles. The molecular formula is C59H50N2O2. The third-order valence-electron chi connectivity index (χ3n) is 14.1. The molecule has 11 rings (SSSR count). The van der Waals surface area contributed by atoms with E-state index in [0.29, 0.717) is 0 Å². The van der Waals surface area contributed by atoms with E-state index in [4.69, 9.17) is 8.83 Å². The summed E-state index contributed by atoms with van der Waals surface area (Å²) >= 11 is 0. The number of anilines is 6. The molecule has 0 aliphatic heterocycles. The summed E-state index contributed by atoms with van der Waals surface area (Å²) in [6.07, 6.45) is 0. The van der Waals surface area contributed by atoms with Crippen molar-refractivity contribution in [3.05, 3.63) is 190 Å². The topological polar surface area (TPSA) is 32.8 Å². The van der Waals surface area contributed by atoms with E-state index in [9.17, 15) is 0 Å². The number of hydrogen-bond acceptors (Lipinski definition) is 4. The van der Waals surface area contributed by atoms with E-state index in [1.807, 2.05) is 0 Å². The van der Waals surface area contributed by atoms with E-state index in [0.717, 1.165) is 66.0 Å². The maximum absolute atomic E-state index is 6.74. The maximum atomic E-state index is 6.74. The van der Waals surface area contributed by atoms with E-state index in [1.54, 1.807) is 0 Å². The molecular weight excluding hydrogens is 769 g/mol. The minimum atomic E-state index is 0.835. The van der Waals surface area contributed by atoms with Crippen molar-refractivity contribution in [2.24, 2.45) is 0 Å². The summed E-state index contributed by atoms with van der Waals surface area (Å²) in [7, 11) is 0. The lowest BCUT2D eigenvalue weighted by Crippen LogP contribution is -2.13. The molecule has 4 heteroatoms. The van der Waals surface area contributed by atoms with Crippen LogP contribution in [0.25, 0.3) is 65.4 Å². The van der Waals surface area contributed by atoms with Crippen LogP contribution in [-0.4, -0.2) is 0 Å². The summed E-state index contributed by atoms with van der Waals surface area (Å²) in [5.74, 6) is 0. The first-order chi connectivity index (χ1) is 30.4. The zero-order valence-electron chi connectivity index (χ0n) is 37.5. The average molecular weight is 819 g/mol. The Morgan fingerprint density at radius 3 is 1.16 bits per heavy atom. The molecule has 9 aromatic carbocycles. The molecule has 4 nitrogen and oxygen atoms in total. The quantitative estimate of drug-likeness (QED) is 0.167. The Morgan fingerprint density at radius 2 is 0.730 bits per heavy atom. The second-order valence-corrected chi connectivity index (χ2v) is 17.8. The van der Waals surface area contributed by atoms with Crippen LogP contribution in [0.5, 0.6) is 0 Å². The number of para-hydroxylation sites is 2. The van der Waals surface area contributed by atoms with E-state index in [-0.39, 0.29) is 0 Å². The standard InChI is InChI=1S/C59H50N2O2/c1-33-18-24-52(39(7)37(33)5)60(50-16-12-10-14-35(50)3)46-22-20-42-28-48-54(30-44(42)26-46)62-56-32-57-59(41(9)58(48)56)49-29-43-21-23-47(27-45(43)31-55(49)63-57)61(51-17-13-11-15-36(51)4)53-25-19-34(2)38(6)40(53)8/h10-32H,1-9H3. The van der Waals surface area contributed by atoms with Crippen LogP contribution < -0.4 is 9.80 Å². The number of furan rings is 2. The van der Waals surface area contributed by atoms with Gasteiger partial charge >= 0.3 is 0 Å². The predicted octanol–water partition coefficient (Wildman–Crippen LogP) is 17.5. The van der Waals surface area contributed by atoms with Gasteiger partial charge in [-0.05, 0) is 207 Å². The fourth-order valence-electron chi connectivity index (χ4n) is 10.0. The van der Waals surface area contributed by atoms with Gasteiger partial charge in [0.15, 0.2) is 0 Å². The van der Waals surface area contributed by atoms with E-state index >= 15 is 0 Å². The Morgan fingerprint density at radius 1 is 0.302 bits per heavy atom. The Kier molecular flexibility index (Phi) is 8.82. The third-order valence-corrected chi connectivity index (χ3v) is 14.1. The zero-order chi connectivity index (χ0) is 43.4. The molecule has 0 atom stereocenters. The Bertz CT molecular complexity index is 3460. The van der Waals surface area contributed by atoms with Crippen molar-refractivity contribution in [3.63, 3.8) is 0 Å². The van der Waals surface area contributed by atoms with Gasteiger partial charge in [0.05, 0.1) is 0 Å². The fraction of sp³-hybridized carbons (Fsp3) is 0.153. The lowest BCUT2D eigenvalue weighted by atomic mass is 9.97. The van der Waals surface area contributed by atoms with Gasteiger partial charge < -0.3 is 18.6 Å². The van der Waals surface area contributed by atoms with Gasteiger partial charge in [-0.3, -0.25) is 0 Å². The summed E-state index contributed by atoms with van der Waals surface area (Å²) in [5, 5.41) is 9.09. The minimum absolute atomic E-state index is 0.835. The van der Waals surface area contributed by atoms with Crippen LogP contribution in [0.3, 0.4) is 0 Å². The maximum Gasteiger partial charge on any atom is 0.139 e. The highest BCUT2D eigenvalue weighted by Crippen LogP contribution is 2.46. The molecule has 0 saturated carbocycles. The highest BCUT2D eigenvalue weighted by Gasteiger charge is 2.23. The lowest BCUT2D eigenvalue weighted by Gasteiger charge is -2.29. The Labute approximate surface area is 368 Å². The van der Waals surface area contributed by atoms with Crippen LogP contribution in [0.4, 0.5) is 34.1 Å². The van der Waals surface area contributed by atoms with Crippen molar-refractivity contribution in [1.29, 1.82) is 0 Å². The smallest absolute Gasteiger partial charge is 0.139 e. The molecule has 0 spiro atoms. The summed E-state index contributed by atoms with van der Waals surface area (Å²) in [4.78, 5) is 4.80. The van der Waals surface area contributed by atoms with Crippen LogP contribution in [-0.2, 0) is 0 Å². The minimum Gasteiger partial charge on any atom is -0.456 e. The summed E-state index contributed by atoms with van der Waals surface area (Å²) in [6, 6.07) is 51.0. The first kappa shape index (κ1) is 38.6. The van der Waals surface area contributed by atoms with Crippen LogP contribution in [0, 0.1) is 62.3 Å². The number of aryl methyl sites for hydroxylation is 5. The first-order valence-electron chi connectivity index (χ1n) is 22.0. The fourth-order valence-corrected chi connectivity index (χ4v) is 10.0. The van der Waals surface area contributed by atoms with Crippen LogP contribution in [0.2, 0.25) is 0 Å². The van der Waals surface area contributed by atoms with Gasteiger partial charge in [0.1, 0.15) is 22.3 Å². The largest absolute Gasteiger partial charge is 0.456 e. The predicted molar refractivity (Wildman–Crippen MR) is 268 cm³/mol. The molecule has 0 aliphatic rings. The van der Waals surface area contributed by atoms with E-state index < -0.39 is 0 Å². The van der Waals surface area contributed by atoms with Crippen molar-refractivity contribution >= 4 is 99.5 Å². The van der Waals surface area contributed by atoms with Crippen molar-refractivity contribution < 1.29 is 8.83 Å². The third kappa shape index (κ3) is 6.03. The summed E-state index contributed by atoms with van der Waals surface area (Å²) < 4.78 is 13.5. The molecule has 0 amide bonds. The van der Waals surface area contributed by atoms with Crippen molar-refractivity contribution in [2.75, 3.05) is 9.80 Å². The average Bonchev–Trinajstić information content (AvgIpc) is 3.82. The van der Waals surface area contributed by atoms with Gasteiger partial charge in [-0.15, -0.1) is 0 Å². The first-order valence-corrected chi connectivity index (χ1v) is 22.0. The highest BCUT2D eigenvalue weighted by molar-refractivity contribution is 6.21. The number of benzene rings is 9. The molecule has 0 radical (unpaired) electrons. The van der Waals surface area contributed by atoms with Crippen LogP contribution >= 0.6 is 0 Å². The van der Waals surface area contributed by atoms with Gasteiger partial charge in [0.2, 0.25) is 0 Å². The molecule has 63 heavy (non-hydrogen) atoms. The number of rotatable bonds is 6. The molecule has 2 aromatic heterocycles. The monoisotopic (exact) mass is 818 g/mol. The molecule has 0 N–H and O–H groups in total. The summed E-state index contributed by atoms with van der Waals surface area (Å²) in [6.45, 7) is 19.9. The molecule has 0 fully saturated rings. The van der Waals surface area contributed by atoms with Gasteiger partial charge in [0, 0.05) is 61.7 Å². The van der Waals surface area contributed by atoms with Gasteiger partial charge in [-0.25, -0.2) is 0 Å². The normalized spacial score (nSPS) is 11.9. The van der Waals surface area contributed by atoms with E-state index in [2.05, 4.69) is 212 Å². The number of nitrogens with zero attached hydrogens (tertiary/aromatic N) is 2. The second kappa shape index (κ2) is 14.4. The van der Waals surface area contributed by atoms with Crippen molar-refractivity contribution in [3.8, 4) is 0 Å². The molecule has 0 unspecified atom stereocenters. The SMILES string of the molecule is Cc1ccccc1N(c1ccc2cc3c(cc2c1)oc1cc2oc4cc5cc(N(c6ccccc6C)c6ccc(C)c(C)c6C)ccc5cc4c2c(C)c13)c1ccc(C)c(C)c1C. The lowest BCUT2D eigenvalue weighted by molar-refractivity contribution is 0.656. The van der Waals surface area contributed by atoms with Crippen molar-refractivity contribution in [2.45, 2.75) is 62.3 Å². The number of hydrogen-bond donors (Lipinski definition) is 0. The van der Waals surface area contributed by atoms with E-state index in [1.165, 1.54) is 83.6 Å². The van der Waals surface area contributed by atoms with Gasteiger partial charge in [-0.2, -0.15) is 0 Å². The van der Waals surface area contributed by atoms with Crippen LogP contribution in [0.1, 0.15) is 50.1 Å². The summed E-state index contributed by atoms with van der Waals surface area (Å²) in [5.41, 5.74) is 21.8. The molecule has 0 aliphatic carbocycles. The molecule has 0 saturated heterocycles. The number of fused-ring (bicyclic) bond motifs is 8. The van der Waals surface area contributed by atoms with Crippen LogP contribution in [0.15, 0.2) is 148 Å². The Hall–Kier alpha value is -7.30. The second-order valence-electron chi connectivity index (χ2n) is 17.8.